The van der Waals surface area contributed by atoms with Gasteiger partial charge in [-0.15, -0.1) is 11.3 Å². The summed E-state index contributed by atoms with van der Waals surface area (Å²) in [6.45, 7) is 0. The van der Waals surface area contributed by atoms with Crippen LogP contribution in [0.4, 0.5) is 4.39 Å². The van der Waals surface area contributed by atoms with E-state index in [9.17, 15) is 14.4 Å². The summed E-state index contributed by atoms with van der Waals surface area (Å²) >= 11 is 1.05. The fourth-order valence-electron chi connectivity index (χ4n) is 2.38. The molecule has 0 saturated carbocycles. The molecule has 0 atom stereocenters. The number of rotatable bonds is 3. The number of halogens is 1. The Balaban J connectivity index is 2.00. The Morgan fingerprint density at radius 1 is 1.38 bits per heavy atom. The summed E-state index contributed by atoms with van der Waals surface area (Å²) in [6.07, 6.45) is 7.21. The third-order valence-electron chi connectivity index (χ3n) is 3.47. The Bertz CT molecular complexity index is 948. The van der Waals surface area contributed by atoms with Gasteiger partial charge in [-0.3, -0.25) is 0 Å². The average molecular weight is 338 g/mol. The van der Waals surface area contributed by atoms with Gasteiger partial charge in [-0.2, -0.15) is 5.26 Å². The maximum absolute atomic E-state index is 13.5. The van der Waals surface area contributed by atoms with Gasteiger partial charge >= 0.3 is 5.97 Å². The fourth-order valence-corrected chi connectivity index (χ4v) is 3.15. The van der Waals surface area contributed by atoms with Crippen LogP contribution >= 0.6 is 11.3 Å². The number of carbonyl (C=O) groups is 1. The van der Waals surface area contributed by atoms with Crippen molar-refractivity contribution in [1.29, 1.82) is 5.26 Å². The van der Waals surface area contributed by atoms with Crippen molar-refractivity contribution in [3.63, 3.8) is 0 Å². The summed E-state index contributed by atoms with van der Waals surface area (Å²) in [7, 11) is 0. The maximum Gasteiger partial charge on any atom is 0.347 e. The quantitative estimate of drug-likeness (QED) is 0.905. The zero-order chi connectivity index (χ0) is 17.1. The third-order valence-corrected chi connectivity index (χ3v) is 4.50. The van der Waals surface area contributed by atoms with Crippen LogP contribution in [-0.4, -0.2) is 16.1 Å². The van der Waals surface area contributed by atoms with Crippen molar-refractivity contribution in [2.45, 2.75) is 6.42 Å². The molecule has 1 heterocycles. The number of nitrogens with zero attached hydrogens (tertiary/aromatic N) is 2. The van der Waals surface area contributed by atoms with E-state index in [1.807, 2.05) is 12.2 Å². The van der Waals surface area contributed by atoms with Crippen molar-refractivity contribution in [2.24, 2.45) is 0 Å². The van der Waals surface area contributed by atoms with E-state index in [4.69, 9.17) is 5.11 Å². The molecule has 1 aromatic carbocycles. The Kier molecular flexibility index (Phi) is 4.36. The lowest BCUT2D eigenvalue weighted by Crippen LogP contribution is -1.90. The molecular weight excluding hydrogens is 327 g/mol. The molecule has 0 spiro atoms. The highest BCUT2D eigenvalue weighted by atomic mass is 32.1. The zero-order valence-electron chi connectivity index (χ0n) is 12.4. The number of hydrogen-bond donors (Lipinski definition) is 1. The number of aromatic nitrogens is 1. The largest absolute Gasteiger partial charge is 0.477 e. The van der Waals surface area contributed by atoms with Crippen molar-refractivity contribution in [1.82, 2.24) is 4.98 Å². The van der Waals surface area contributed by atoms with E-state index < -0.39 is 5.97 Å². The molecule has 0 unspecified atom stereocenters. The normalized spacial score (nSPS) is 14.1. The van der Waals surface area contributed by atoms with E-state index in [1.54, 1.807) is 18.2 Å². The second-order valence-electron chi connectivity index (χ2n) is 5.03. The fraction of sp³-hybridized carbons (Fsp3) is 0.0556. The number of allylic oxidation sites excluding steroid dienone is 6. The first-order chi connectivity index (χ1) is 11.6. The van der Waals surface area contributed by atoms with Crippen LogP contribution in [0.25, 0.3) is 11.1 Å². The van der Waals surface area contributed by atoms with Crippen molar-refractivity contribution < 1.29 is 14.3 Å². The van der Waals surface area contributed by atoms with Gasteiger partial charge in [0.05, 0.1) is 17.8 Å². The number of carboxylic acid groups (broad SMARTS) is 1. The van der Waals surface area contributed by atoms with Gasteiger partial charge in [-0.1, -0.05) is 24.3 Å². The molecule has 24 heavy (non-hydrogen) atoms. The molecule has 6 heteroatoms. The molecule has 4 nitrogen and oxygen atoms in total. The first-order valence-corrected chi connectivity index (χ1v) is 7.88. The van der Waals surface area contributed by atoms with E-state index >= 15 is 0 Å². The molecule has 0 amide bonds. The summed E-state index contributed by atoms with van der Waals surface area (Å²) in [5.41, 5.74) is 2.35. The molecule has 0 bridgehead atoms. The molecule has 1 aliphatic rings. The van der Waals surface area contributed by atoms with Gasteiger partial charge in [-0.05, 0) is 35.8 Å². The highest BCUT2D eigenvalue weighted by Crippen LogP contribution is 2.32. The predicted octanol–water partition coefficient (Wildman–Crippen LogP) is 4.30. The summed E-state index contributed by atoms with van der Waals surface area (Å²) in [6, 6.07) is 8.21. The molecule has 0 radical (unpaired) electrons. The van der Waals surface area contributed by atoms with Gasteiger partial charge in [0.2, 0.25) is 0 Å². The topological polar surface area (TPSA) is 74.0 Å². The monoisotopic (exact) mass is 338 g/mol. The van der Waals surface area contributed by atoms with Crippen LogP contribution in [0.3, 0.4) is 0 Å². The second-order valence-corrected chi connectivity index (χ2v) is 6.06. The predicted molar refractivity (Wildman–Crippen MR) is 89.7 cm³/mol. The lowest BCUT2D eigenvalue weighted by molar-refractivity contribution is 0.0702. The van der Waals surface area contributed by atoms with Crippen molar-refractivity contribution in [2.75, 3.05) is 0 Å². The van der Waals surface area contributed by atoms with Crippen molar-refractivity contribution in [3.05, 3.63) is 75.5 Å². The van der Waals surface area contributed by atoms with Crippen LogP contribution in [0.1, 0.15) is 26.7 Å². The SMILES string of the molecule is N#CC1=CC(c2ncc(C(=O)O)s2)=CCC=C1c1cccc(F)c1. The van der Waals surface area contributed by atoms with Crippen LogP contribution in [0.2, 0.25) is 0 Å². The number of aromatic carboxylic acids is 1. The molecule has 0 saturated heterocycles. The van der Waals surface area contributed by atoms with E-state index in [0.717, 1.165) is 11.3 Å². The van der Waals surface area contributed by atoms with Gasteiger partial charge in [0, 0.05) is 5.57 Å². The number of thiazole rings is 1. The van der Waals surface area contributed by atoms with Crippen molar-refractivity contribution in [3.8, 4) is 6.07 Å². The Labute approximate surface area is 141 Å². The number of carboxylic acids is 1. The number of hydrogen-bond acceptors (Lipinski definition) is 4. The minimum absolute atomic E-state index is 0.139. The Morgan fingerprint density at radius 3 is 2.88 bits per heavy atom. The lowest BCUT2D eigenvalue weighted by Gasteiger charge is -2.06. The van der Waals surface area contributed by atoms with Crippen LogP contribution in [0, 0.1) is 17.1 Å². The van der Waals surface area contributed by atoms with Crippen LogP contribution < -0.4 is 0 Å². The van der Waals surface area contributed by atoms with Gasteiger partial charge in [0.1, 0.15) is 15.7 Å². The summed E-state index contributed by atoms with van der Waals surface area (Å²) in [5, 5.41) is 19.0. The molecule has 2 aromatic rings. The zero-order valence-corrected chi connectivity index (χ0v) is 13.2. The number of nitriles is 1. The molecule has 0 aliphatic heterocycles. The molecule has 1 aromatic heterocycles. The Morgan fingerprint density at radius 2 is 2.21 bits per heavy atom. The molecule has 0 fully saturated rings. The summed E-state index contributed by atoms with van der Waals surface area (Å²) < 4.78 is 13.5. The van der Waals surface area contributed by atoms with Crippen LogP contribution in [0.5, 0.6) is 0 Å². The van der Waals surface area contributed by atoms with Crippen molar-refractivity contribution >= 4 is 28.5 Å². The highest BCUT2D eigenvalue weighted by molar-refractivity contribution is 7.14. The van der Waals surface area contributed by atoms with Crippen LogP contribution in [-0.2, 0) is 0 Å². The maximum atomic E-state index is 13.5. The second kappa shape index (κ2) is 6.60. The highest BCUT2D eigenvalue weighted by Gasteiger charge is 2.16. The van der Waals surface area contributed by atoms with Gasteiger partial charge < -0.3 is 5.11 Å². The first-order valence-electron chi connectivity index (χ1n) is 7.06. The van der Waals surface area contributed by atoms with Gasteiger partial charge in [-0.25, -0.2) is 14.2 Å². The van der Waals surface area contributed by atoms with E-state index in [0.29, 0.717) is 33.7 Å². The smallest absolute Gasteiger partial charge is 0.347 e. The molecule has 3 rings (SSSR count). The van der Waals surface area contributed by atoms with E-state index in [2.05, 4.69) is 11.1 Å². The standard InChI is InChI=1S/C18H11FN2O2S/c19-14-5-1-3-11(8-14)15-6-2-4-12(7-13(15)9-20)17-21-10-16(24-17)18(22)23/h1,3-8,10H,2H2,(H,22,23). The molecular formula is C18H11FN2O2S. The first kappa shape index (κ1) is 15.8. The molecule has 118 valence electrons. The lowest BCUT2D eigenvalue weighted by atomic mass is 9.97. The minimum Gasteiger partial charge on any atom is -0.477 e. The van der Waals surface area contributed by atoms with Gasteiger partial charge in [0.25, 0.3) is 0 Å². The Hall–Kier alpha value is -3.04. The summed E-state index contributed by atoms with van der Waals surface area (Å²) in [5.74, 6) is -1.40. The third kappa shape index (κ3) is 3.16. The molecule has 1 N–H and O–H groups in total. The minimum atomic E-state index is -1.03. The number of benzene rings is 1. The van der Waals surface area contributed by atoms with Crippen LogP contribution in [0.15, 0.2) is 54.3 Å². The molecule has 1 aliphatic carbocycles. The summed E-state index contributed by atoms with van der Waals surface area (Å²) in [4.78, 5) is 15.2. The van der Waals surface area contributed by atoms with E-state index in [-0.39, 0.29) is 10.7 Å². The van der Waals surface area contributed by atoms with Gasteiger partial charge in [0.15, 0.2) is 0 Å². The average Bonchev–Trinajstić information content (AvgIpc) is 2.96. The van der Waals surface area contributed by atoms with E-state index in [1.165, 1.54) is 18.3 Å².